The number of aliphatic hydroxyl groups excluding tert-OH is 2. The van der Waals surface area contributed by atoms with Crippen LogP contribution in [0, 0.1) is 0 Å². The number of rotatable bonds is 0. The van der Waals surface area contributed by atoms with Gasteiger partial charge < -0.3 is 15.9 Å². The third-order valence-electron chi connectivity index (χ3n) is 1.69. The lowest BCUT2D eigenvalue weighted by Crippen LogP contribution is -2.28. The Kier molecular flexibility index (Phi) is 5.66. The van der Waals surface area contributed by atoms with E-state index in [4.69, 9.17) is 10.2 Å². The normalized spacial score (nSPS) is 28.6. The quantitative estimate of drug-likeness (QED) is 0.475. The number of amides is 1. The average molecular weight is 175 g/mol. The second kappa shape index (κ2) is 5.97. The topological polar surface area (TPSA) is 83.6 Å². The van der Waals surface area contributed by atoms with Crippen molar-refractivity contribution in [1.29, 1.82) is 0 Å². The molecule has 1 fully saturated rings. The van der Waals surface area contributed by atoms with Crippen LogP contribution in [0.5, 0.6) is 0 Å². The molecule has 4 N–H and O–H groups in total. The van der Waals surface area contributed by atoms with Crippen LogP contribution in [0.25, 0.3) is 0 Å². The van der Waals surface area contributed by atoms with Gasteiger partial charge >= 0.3 is 0 Å². The lowest BCUT2D eigenvalue weighted by molar-refractivity contribution is -0.115. The zero-order valence-corrected chi connectivity index (χ0v) is 7.36. The monoisotopic (exact) mass is 175 g/mol. The molecule has 0 aromatic rings. The van der Waals surface area contributed by atoms with Gasteiger partial charge in [-0.25, -0.2) is 0 Å². The van der Waals surface area contributed by atoms with Gasteiger partial charge in [-0.2, -0.15) is 0 Å². The molecule has 1 amide bonds. The van der Waals surface area contributed by atoms with Crippen molar-refractivity contribution in [3.63, 3.8) is 0 Å². The van der Waals surface area contributed by atoms with Gasteiger partial charge in [-0.05, 0) is 12.8 Å². The summed E-state index contributed by atoms with van der Waals surface area (Å²) in [6.45, 7) is 1.31. The van der Waals surface area contributed by atoms with Crippen LogP contribution in [0.1, 0.15) is 32.6 Å². The summed E-state index contributed by atoms with van der Waals surface area (Å²) in [5.74, 6) is -0.333. The molecule has 0 aromatic heterocycles. The molecular formula is C8H17NO3. The second-order valence-electron chi connectivity index (χ2n) is 3.03. The number of aliphatic hydroxyl groups is 2. The molecule has 0 spiro atoms. The predicted octanol–water partition coefficient (Wildman–Crippen LogP) is -0.226. The SMILES string of the molecule is CC(N)=O.OC1CCCCC1O. The van der Waals surface area contributed by atoms with Crippen molar-refractivity contribution < 1.29 is 15.0 Å². The van der Waals surface area contributed by atoms with Crippen molar-refractivity contribution in [3.05, 3.63) is 0 Å². The van der Waals surface area contributed by atoms with Crippen LogP contribution >= 0.6 is 0 Å². The van der Waals surface area contributed by atoms with Gasteiger partial charge in [-0.1, -0.05) is 12.8 Å². The van der Waals surface area contributed by atoms with Gasteiger partial charge in [0.05, 0.1) is 12.2 Å². The van der Waals surface area contributed by atoms with E-state index < -0.39 is 12.2 Å². The Labute approximate surface area is 72.4 Å². The standard InChI is InChI=1S/C6H12O2.C2H5NO/c7-5-3-1-2-4-6(5)8;1-2(3)4/h5-8H,1-4H2;1H3,(H2,3,4). The molecule has 4 heteroatoms. The van der Waals surface area contributed by atoms with Gasteiger partial charge in [-0.15, -0.1) is 0 Å². The van der Waals surface area contributed by atoms with Crippen LogP contribution in [0.4, 0.5) is 0 Å². The molecule has 0 bridgehead atoms. The number of carbonyl (C=O) groups excluding carboxylic acids is 1. The Morgan fingerprint density at radius 3 is 1.67 bits per heavy atom. The van der Waals surface area contributed by atoms with Crippen LogP contribution in [-0.2, 0) is 4.79 Å². The van der Waals surface area contributed by atoms with E-state index >= 15 is 0 Å². The maximum absolute atomic E-state index is 9.22. The first-order valence-corrected chi connectivity index (χ1v) is 4.16. The maximum atomic E-state index is 9.22. The largest absolute Gasteiger partial charge is 0.390 e. The van der Waals surface area contributed by atoms with E-state index in [1.807, 2.05) is 0 Å². The third-order valence-corrected chi connectivity index (χ3v) is 1.69. The number of hydrogen-bond donors (Lipinski definition) is 3. The molecule has 12 heavy (non-hydrogen) atoms. The summed E-state index contributed by atoms with van der Waals surface area (Å²) in [6.07, 6.45) is 2.81. The fourth-order valence-electron chi connectivity index (χ4n) is 1.09. The van der Waals surface area contributed by atoms with Crippen LogP contribution in [0.15, 0.2) is 0 Å². The van der Waals surface area contributed by atoms with Crippen molar-refractivity contribution in [3.8, 4) is 0 Å². The van der Waals surface area contributed by atoms with Crippen molar-refractivity contribution in [2.75, 3.05) is 0 Å². The molecule has 1 rings (SSSR count). The molecule has 0 saturated heterocycles. The number of primary amides is 1. The maximum Gasteiger partial charge on any atom is 0.214 e. The van der Waals surface area contributed by atoms with E-state index in [-0.39, 0.29) is 5.91 Å². The smallest absolute Gasteiger partial charge is 0.214 e. The Hall–Kier alpha value is -0.610. The van der Waals surface area contributed by atoms with Crippen molar-refractivity contribution in [2.45, 2.75) is 44.8 Å². The van der Waals surface area contributed by atoms with Crippen LogP contribution in [-0.4, -0.2) is 28.3 Å². The molecule has 0 aliphatic heterocycles. The van der Waals surface area contributed by atoms with Crippen LogP contribution < -0.4 is 5.73 Å². The number of hydrogen-bond acceptors (Lipinski definition) is 3. The minimum absolute atomic E-state index is 0.333. The first-order valence-electron chi connectivity index (χ1n) is 4.16. The Bertz CT molecular complexity index is 124. The summed E-state index contributed by atoms with van der Waals surface area (Å²) in [4.78, 5) is 9.22. The minimum atomic E-state index is -0.441. The molecule has 2 unspecified atom stereocenters. The first kappa shape index (κ1) is 11.4. The molecule has 4 nitrogen and oxygen atoms in total. The molecule has 0 heterocycles. The summed E-state index contributed by atoms with van der Waals surface area (Å²) in [5, 5.41) is 17.9. The van der Waals surface area contributed by atoms with E-state index in [9.17, 15) is 4.79 Å². The molecular weight excluding hydrogens is 158 g/mol. The Balaban J connectivity index is 0.000000261. The summed E-state index contributed by atoms with van der Waals surface area (Å²) >= 11 is 0. The van der Waals surface area contributed by atoms with E-state index in [0.717, 1.165) is 25.7 Å². The van der Waals surface area contributed by atoms with Crippen LogP contribution in [0.3, 0.4) is 0 Å². The van der Waals surface area contributed by atoms with E-state index in [1.54, 1.807) is 0 Å². The second-order valence-corrected chi connectivity index (χ2v) is 3.03. The molecule has 1 aliphatic rings. The van der Waals surface area contributed by atoms with Crippen LogP contribution in [0.2, 0.25) is 0 Å². The van der Waals surface area contributed by atoms with E-state index in [0.29, 0.717) is 0 Å². The summed E-state index contributed by atoms with van der Waals surface area (Å²) in [5.41, 5.74) is 4.47. The lowest BCUT2D eigenvalue weighted by Gasteiger charge is -2.22. The minimum Gasteiger partial charge on any atom is -0.390 e. The van der Waals surface area contributed by atoms with E-state index in [2.05, 4.69) is 5.73 Å². The lowest BCUT2D eigenvalue weighted by atomic mass is 9.95. The summed E-state index contributed by atoms with van der Waals surface area (Å²) in [7, 11) is 0. The Morgan fingerprint density at radius 1 is 1.25 bits per heavy atom. The van der Waals surface area contributed by atoms with Gasteiger partial charge in [0.25, 0.3) is 0 Å². The third kappa shape index (κ3) is 6.12. The molecule has 72 valence electrons. The van der Waals surface area contributed by atoms with Gasteiger partial charge in [0.15, 0.2) is 0 Å². The van der Waals surface area contributed by atoms with Gasteiger partial charge in [-0.3, -0.25) is 4.79 Å². The number of carbonyl (C=O) groups is 1. The highest BCUT2D eigenvalue weighted by atomic mass is 16.3. The highest BCUT2D eigenvalue weighted by Crippen LogP contribution is 2.17. The van der Waals surface area contributed by atoms with Gasteiger partial charge in [0.1, 0.15) is 0 Å². The molecule has 1 aliphatic carbocycles. The zero-order chi connectivity index (χ0) is 9.56. The highest BCUT2D eigenvalue weighted by Gasteiger charge is 2.19. The molecule has 0 aromatic carbocycles. The van der Waals surface area contributed by atoms with Gasteiger partial charge in [0, 0.05) is 6.92 Å². The zero-order valence-electron chi connectivity index (χ0n) is 7.36. The summed E-state index contributed by atoms with van der Waals surface area (Å²) < 4.78 is 0. The molecule has 1 saturated carbocycles. The van der Waals surface area contributed by atoms with Crippen molar-refractivity contribution in [1.82, 2.24) is 0 Å². The first-order chi connectivity index (χ1) is 5.54. The van der Waals surface area contributed by atoms with Crippen molar-refractivity contribution >= 4 is 5.91 Å². The average Bonchev–Trinajstić information content (AvgIpc) is 1.94. The summed E-state index contributed by atoms with van der Waals surface area (Å²) in [6, 6.07) is 0. The molecule has 0 radical (unpaired) electrons. The van der Waals surface area contributed by atoms with E-state index in [1.165, 1.54) is 6.92 Å². The van der Waals surface area contributed by atoms with Gasteiger partial charge in [0.2, 0.25) is 5.91 Å². The van der Waals surface area contributed by atoms with Crippen molar-refractivity contribution in [2.24, 2.45) is 5.73 Å². The number of nitrogens with two attached hydrogens (primary N) is 1. The fourth-order valence-corrected chi connectivity index (χ4v) is 1.09. The predicted molar refractivity (Wildman–Crippen MR) is 45.4 cm³/mol. The Morgan fingerprint density at radius 2 is 1.50 bits per heavy atom. The highest BCUT2D eigenvalue weighted by molar-refractivity contribution is 5.70. The fraction of sp³-hybridized carbons (Fsp3) is 0.875. The molecule has 2 atom stereocenters.